The number of hydrogen-bond acceptors (Lipinski definition) is 3. The van der Waals surface area contributed by atoms with E-state index in [1.165, 1.54) is 27.2 Å². The lowest BCUT2D eigenvalue weighted by Gasteiger charge is -2.06. The highest BCUT2D eigenvalue weighted by molar-refractivity contribution is 5.87. The summed E-state index contributed by atoms with van der Waals surface area (Å²) in [6.07, 6.45) is 2.56. The van der Waals surface area contributed by atoms with E-state index >= 15 is 0 Å². The van der Waals surface area contributed by atoms with Crippen molar-refractivity contribution in [1.29, 1.82) is 0 Å². The highest BCUT2D eigenvalue weighted by Crippen LogP contribution is 1.92. The second-order valence-corrected chi connectivity index (χ2v) is 1.81. The summed E-state index contributed by atoms with van der Waals surface area (Å²) in [5.74, 6) is -0.0147. The molecule has 0 heterocycles. The van der Waals surface area contributed by atoms with Crippen LogP contribution in [0.5, 0.6) is 0 Å². The van der Waals surface area contributed by atoms with Crippen LogP contribution in [0.25, 0.3) is 0 Å². The molecule has 0 radical (unpaired) electrons. The van der Waals surface area contributed by atoms with Gasteiger partial charge in [-0.25, -0.2) is 0 Å². The Labute approximate surface area is 60.6 Å². The first-order chi connectivity index (χ1) is 4.70. The predicted molar refractivity (Wildman–Crippen MR) is 37.6 cm³/mol. The first kappa shape index (κ1) is 9.33. The van der Waals surface area contributed by atoms with Crippen LogP contribution in [-0.4, -0.2) is 26.3 Å². The Balaban J connectivity index is 3.72. The average molecular weight is 144 g/mol. The summed E-state index contributed by atoms with van der Waals surface area (Å²) in [6.45, 7) is 1.47. The Kier molecular flexibility index (Phi) is 4.80. The topological polar surface area (TPSA) is 35.5 Å². The zero-order valence-electron chi connectivity index (χ0n) is 6.46. The lowest BCUT2D eigenvalue weighted by molar-refractivity contribution is -0.113. The number of hydrogen-bond donors (Lipinski definition) is 0. The van der Waals surface area contributed by atoms with Crippen molar-refractivity contribution in [3.63, 3.8) is 0 Å². The molecule has 0 aliphatic carbocycles. The van der Waals surface area contributed by atoms with Crippen LogP contribution in [0.3, 0.4) is 0 Å². The van der Waals surface area contributed by atoms with E-state index in [9.17, 15) is 4.79 Å². The van der Waals surface area contributed by atoms with Crippen LogP contribution < -0.4 is 0 Å². The molecule has 10 heavy (non-hydrogen) atoms. The molecule has 0 fully saturated rings. The van der Waals surface area contributed by atoms with E-state index in [-0.39, 0.29) is 5.78 Å². The van der Waals surface area contributed by atoms with Crippen LogP contribution in [0.1, 0.15) is 6.92 Å². The van der Waals surface area contributed by atoms with Crippen molar-refractivity contribution in [2.75, 3.05) is 14.2 Å². The molecule has 0 unspecified atom stereocenters. The van der Waals surface area contributed by atoms with Gasteiger partial charge in [-0.2, -0.15) is 0 Å². The number of methoxy groups -OCH3 is 2. The molecule has 0 saturated carbocycles. The van der Waals surface area contributed by atoms with Gasteiger partial charge in [-0.3, -0.25) is 4.79 Å². The zero-order valence-corrected chi connectivity index (χ0v) is 6.46. The monoisotopic (exact) mass is 144 g/mol. The molecular weight excluding hydrogens is 132 g/mol. The van der Waals surface area contributed by atoms with Crippen molar-refractivity contribution < 1.29 is 14.3 Å². The Morgan fingerprint density at radius 3 is 2.20 bits per heavy atom. The van der Waals surface area contributed by atoms with E-state index in [1.807, 2.05) is 0 Å². The molecular formula is C7H12O3. The number of rotatable bonds is 4. The number of carbonyl (C=O) groups is 1. The van der Waals surface area contributed by atoms with Gasteiger partial charge in [-0.1, -0.05) is 0 Å². The summed E-state index contributed by atoms with van der Waals surface area (Å²) < 4.78 is 9.58. The third kappa shape index (κ3) is 4.23. The molecule has 0 aromatic heterocycles. The van der Waals surface area contributed by atoms with Crippen LogP contribution in [0.15, 0.2) is 12.2 Å². The van der Waals surface area contributed by atoms with E-state index in [0.717, 1.165) is 0 Å². The lowest BCUT2D eigenvalue weighted by atomic mass is 10.4. The van der Waals surface area contributed by atoms with Crippen LogP contribution in [0.2, 0.25) is 0 Å². The van der Waals surface area contributed by atoms with Gasteiger partial charge in [0.05, 0.1) is 0 Å². The number of carbonyl (C=O) groups excluding carboxylic acids is 1. The Morgan fingerprint density at radius 1 is 1.40 bits per heavy atom. The minimum atomic E-state index is -0.413. The second-order valence-electron chi connectivity index (χ2n) is 1.81. The van der Waals surface area contributed by atoms with Crippen LogP contribution >= 0.6 is 0 Å². The molecule has 0 rings (SSSR count). The third-order valence-electron chi connectivity index (χ3n) is 0.953. The summed E-state index contributed by atoms with van der Waals surface area (Å²) in [4.78, 5) is 10.4. The molecule has 0 amide bonds. The maximum atomic E-state index is 10.4. The van der Waals surface area contributed by atoms with Crippen molar-refractivity contribution in [3.05, 3.63) is 12.2 Å². The van der Waals surface area contributed by atoms with E-state index in [4.69, 9.17) is 9.47 Å². The first-order valence-electron chi connectivity index (χ1n) is 2.95. The molecule has 0 aromatic rings. The van der Waals surface area contributed by atoms with Gasteiger partial charge in [0.15, 0.2) is 12.1 Å². The van der Waals surface area contributed by atoms with Gasteiger partial charge in [-0.15, -0.1) is 0 Å². The van der Waals surface area contributed by atoms with Gasteiger partial charge in [0.1, 0.15) is 0 Å². The summed E-state index contributed by atoms with van der Waals surface area (Å²) in [6, 6.07) is 0. The highest BCUT2D eigenvalue weighted by Gasteiger charge is 1.96. The minimum Gasteiger partial charge on any atom is -0.352 e. The first-order valence-corrected chi connectivity index (χ1v) is 2.95. The van der Waals surface area contributed by atoms with Crippen molar-refractivity contribution in [2.24, 2.45) is 0 Å². The molecule has 0 spiro atoms. The summed E-state index contributed by atoms with van der Waals surface area (Å²) in [5, 5.41) is 0. The van der Waals surface area contributed by atoms with Crippen molar-refractivity contribution >= 4 is 5.78 Å². The van der Waals surface area contributed by atoms with Crippen LogP contribution in [-0.2, 0) is 14.3 Å². The van der Waals surface area contributed by atoms with Gasteiger partial charge < -0.3 is 9.47 Å². The minimum absolute atomic E-state index is 0.0147. The number of allylic oxidation sites excluding steroid dienone is 1. The quantitative estimate of drug-likeness (QED) is 0.431. The van der Waals surface area contributed by atoms with E-state index < -0.39 is 6.29 Å². The standard InChI is InChI=1S/C7H12O3/c1-6(8)4-5-7(9-2)10-3/h4-5,7H,1-3H3/b5-4+. The number of ketones is 1. The summed E-state index contributed by atoms with van der Waals surface area (Å²) in [7, 11) is 3.03. The van der Waals surface area contributed by atoms with E-state index in [2.05, 4.69) is 0 Å². The normalized spacial score (nSPS) is 11.2. The Hall–Kier alpha value is -0.670. The molecule has 3 heteroatoms. The van der Waals surface area contributed by atoms with Crippen molar-refractivity contribution in [2.45, 2.75) is 13.2 Å². The molecule has 0 aliphatic rings. The third-order valence-corrected chi connectivity index (χ3v) is 0.953. The fraction of sp³-hybridized carbons (Fsp3) is 0.571. The largest absolute Gasteiger partial charge is 0.352 e. The van der Waals surface area contributed by atoms with Gasteiger partial charge in [0.25, 0.3) is 0 Å². The molecule has 0 aromatic carbocycles. The molecule has 0 saturated heterocycles. The predicted octanol–water partition coefficient (Wildman–Crippen LogP) is 0.751. The molecule has 0 aliphatic heterocycles. The summed E-state index contributed by atoms with van der Waals surface area (Å²) in [5.41, 5.74) is 0. The van der Waals surface area contributed by atoms with Gasteiger partial charge in [-0.05, 0) is 19.1 Å². The fourth-order valence-corrected chi connectivity index (χ4v) is 0.467. The zero-order chi connectivity index (χ0) is 7.98. The summed E-state index contributed by atoms with van der Waals surface area (Å²) >= 11 is 0. The maximum absolute atomic E-state index is 10.4. The van der Waals surface area contributed by atoms with Gasteiger partial charge >= 0.3 is 0 Å². The fourth-order valence-electron chi connectivity index (χ4n) is 0.467. The lowest BCUT2D eigenvalue weighted by Crippen LogP contribution is -2.09. The average Bonchev–Trinajstić information content (AvgIpc) is 1.90. The molecule has 58 valence electrons. The van der Waals surface area contributed by atoms with Crippen molar-refractivity contribution in [3.8, 4) is 0 Å². The molecule has 0 bridgehead atoms. The highest BCUT2D eigenvalue weighted by atomic mass is 16.7. The van der Waals surface area contributed by atoms with Crippen LogP contribution in [0.4, 0.5) is 0 Å². The molecule has 0 atom stereocenters. The van der Waals surface area contributed by atoms with E-state index in [1.54, 1.807) is 6.08 Å². The van der Waals surface area contributed by atoms with Gasteiger partial charge in [0.2, 0.25) is 0 Å². The Morgan fingerprint density at radius 2 is 1.90 bits per heavy atom. The van der Waals surface area contributed by atoms with Crippen LogP contribution in [0, 0.1) is 0 Å². The maximum Gasteiger partial charge on any atom is 0.176 e. The smallest absolute Gasteiger partial charge is 0.176 e. The van der Waals surface area contributed by atoms with Crippen molar-refractivity contribution in [1.82, 2.24) is 0 Å². The molecule has 0 N–H and O–H groups in total. The van der Waals surface area contributed by atoms with Gasteiger partial charge in [0, 0.05) is 14.2 Å². The second kappa shape index (κ2) is 5.14. The van der Waals surface area contributed by atoms with E-state index in [0.29, 0.717) is 0 Å². The Bertz CT molecular complexity index is 125. The SMILES string of the molecule is COC(/C=C/C(C)=O)OC. The number of ether oxygens (including phenoxy) is 2. The molecule has 3 nitrogen and oxygen atoms in total.